The van der Waals surface area contributed by atoms with Gasteiger partial charge in [0.1, 0.15) is 12.5 Å². The quantitative estimate of drug-likeness (QED) is 0.654. The number of aromatic nitrogens is 2. The number of hydroxylamine groups is 1. The number of nitrogens with one attached hydrogen (secondary N) is 1. The fourth-order valence-corrected chi connectivity index (χ4v) is 3.79. The first kappa shape index (κ1) is 20.2. The van der Waals surface area contributed by atoms with Gasteiger partial charge in [0.15, 0.2) is 0 Å². The summed E-state index contributed by atoms with van der Waals surface area (Å²) in [7, 11) is 1.36. The van der Waals surface area contributed by atoms with Crippen LogP contribution in [-0.2, 0) is 11.4 Å². The second-order valence-electron chi connectivity index (χ2n) is 7.53. The van der Waals surface area contributed by atoms with Crippen LogP contribution in [0.4, 0.5) is 4.39 Å². The Kier molecular flexibility index (Phi) is 5.61. The van der Waals surface area contributed by atoms with E-state index in [2.05, 4.69) is 15.3 Å². The Labute approximate surface area is 173 Å². The smallest absolute Gasteiger partial charge is 0.274 e. The lowest BCUT2D eigenvalue weighted by Gasteiger charge is -2.15. The molecule has 1 aliphatic rings. The number of nitrogens with zero attached hydrogens (tertiary/aromatic N) is 3. The van der Waals surface area contributed by atoms with Crippen LogP contribution in [0.5, 0.6) is 0 Å². The van der Waals surface area contributed by atoms with Gasteiger partial charge in [-0.15, -0.1) is 0 Å². The van der Waals surface area contributed by atoms with Gasteiger partial charge >= 0.3 is 0 Å². The highest BCUT2D eigenvalue weighted by molar-refractivity contribution is 5.94. The molecular weight excluding hydrogens is 387 g/mol. The highest BCUT2D eigenvalue weighted by Gasteiger charge is 2.21. The Morgan fingerprint density at radius 2 is 2.13 bits per heavy atom. The molecule has 156 valence electrons. The van der Waals surface area contributed by atoms with Gasteiger partial charge in [0.2, 0.25) is 0 Å². The van der Waals surface area contributed by atoms with Crippen molar-refractivity contribution in [1.29, 1.82) is 0 Å². The molecule has 1 aliphatic heterocycles. The lowest BCUT2D eigenvalue weighted by Crippen LogP contribution is -2.24. The molecule has 1 saturated heterocycles. The van der Waals surface area contributed by atoms with E-state index in [1.807, 2.05) is 30.0 Å². The number of rotatable bonds is 5. The monoisotopic (exact) mass is 410 g/mol. The van der Waals surface area contributed by atoms with Crippen LogP contribution in [-0.4, -0.2) is 46.7 Å². The van der Waals surface area contributed by atoms with Crippen LogP contribution >= 0.6 is 0 Å². The number of likely N-dealkylation sites (tertiary alicyclic amines) is 1. The van der Waals surface area contributed by atoms with E-state index in [0.717, 1.165) is 11.1 Å². The Bertz CT molecular complexity index is 1160. The van der Waals surface area contributed by atoms with E-state index >= 15 is 0 Å². The zero-order chi connectivity index (χ0) is 21.3. The molecule has 1 amide bonds. The molecule has 8 heteroatoms. The van der Waals surface area contributed by atoms with E-state index in [-0.39, 0.29) is 5.56 Å². The molecule has 1 fully saturated rings. The van der Waals surface area contributed by atoms with E-state index in [0.29, 0.717) is 48.2 Å². The summed E-state index contributed by atoms with van der Waals surface area (Å²) in [6.07, 6.45) is 1.24. The standard InChI is InChI=1S/C22H23FN4O3/c1-14-3-5-16(21(28)25-30-2)10-20(14)27-13-24-19-6-4-15(9-18(19)22(27)29)11-26-8-7-17(23)12-26/h3-6,9-10,13,17H,7-8,11-12H2,1-2H3,(H,25,28)/t17-/m1/s1. The zero-order valence-electron chi connectivity index (χ0n) is 16.9. The van der Waals surface area contributed by atoms with Crippen LogP contribution in [0.25, 0.3) is 16.6 Å². The van der Waals surface area contributed by atoms with E-state index in [4.69, 9.17) is 0 Å². The number of aryl methyl sites for hydroxylation is 1. The molecule has 2 aromatic carbocycles. The molecule has 0 spiro atoms. The van der Waals surface area contributed by atoms with Crippen LogP contribution in [0, 0.1) is 6.92 Å². The summed E-state index contributed by atoms with van der Waals surface area (Å²) in [4.78, 5) is 36.5. The molecule has 0 aliphatic carbocycles. The van der Waals surface area contributed by atoms with Crippen LogP contribution < -0.4 is 11.0 Å². The number of carbonyl (C=O) groups is 1. The number of hydrogen-bond donors (Lipinski definition) is 1. The van der Waals surface area contributed by atoms with Crippen molar-refractivity contribution in [2.45, 2.75) is 26.1 Å². The van der Waals surface area contributed by atoms with Gasteiger partial charge in [-0.05, 0) is 48.7 Å². The summed E-state index contributed by atoms with van der Waals surface area (Å²) in [6, 6.07) is 10.6. The molecule has 30 heavy (non-hydrogen) atoms. The lowest BCUT2D eigenvalue weighted by atomic mass is 10.1. The van der Waals surface area contributed by atoms with Crippen molar-refractivity contribution in [3.8, 4) is 5.69 Å². The maximum atomic E-state index is 13.5. The average molecular weight is 410 g/mol. The predicted octanol–water partition coefficient (Wildman–Crippen LogP) is 2.53. The maximum absolute atomic E-state index is 13.5. The number of benzene rings is 2. The molecule has 1 atom stereocenters. The molecule has 1 aromatic heterocycles. The third-order valence-corrected chi connectivity index (χ3v) is 5.37. The Hall–Kier alpha value is -3.10. The summed E-state index contributed by atoms with van der Waals surface area (Å²) in [5.41, 5.74) is 5.36. The van der Waals surface area contributed by atoms with Crippen LogP contribution in [0.15, 0.2) is 47.5 Å². The topological polar surface area (TPSA) is 76.5 Å². The predicted molar refractivity (Wildman–Crippen MR) is 111 cm³/mol. The van der Waals surface area contributed by atoms with Gasteiger partial charge in [0, 0.05) is 25.2 Å². The minimum absolute atomic E-state index is 0.223. The minimum Gasteiger partial charge on any atom is -0.296 e. The minimum atomic E-state index is -0.782. The van der Waals surface area contributed by atoms with E-state index in [1.54, 1.807) is 18.2 Å². The number of hydrogen-bond acceptors (Lipinski definition) is 5. The van der Waals surface area contributed by atoms with Crippen molar-refractivity contribution < 1.29 is 14.0 Å². The number of carbonyl (C=O) groups excluding carboxylic acids is 1. The van der Waals surface area contributed by atoms with Crippen LogP contribution in [0.1, 0.15) is 27.9 Å². The molecule has 3 aromatic rings. The summed E-state index contributed by atoms with van der Waals surface area (Å²) in [5.74, 6) is -0.403. The first-order valence-electron chi connectivity index (χ1n) is 9.77. The van der Waals surface area contributed by atoms with Crippen LogP contribution in [0.2, 0.25) is 0 Å². The van der Waals surface area contributed by atoms with Gasteiger partial charge in [0.25, 0.3) is 11.5 Å². The summed E-state index contributed by atoms with van der Waals surface area (Å²) in [6.45, 7) is 3.59. The molecule has 1 N–H and O–H groups in total. The normalized spacial score (nSPS) is 16.8. The molecule has 4 rings (SSSR count). The fraction of sp³-hybridized carbons (Fsp3) is 0.318. The van der Waals surface area contributed by atoms with Crippen molar-refractivity contribution in [2.75, 3.05) is 20.2 Å². The fourth-order valence-electron chi connectivity index (χ4n) is 3.79. The zero-order valence-corrected chi connectivity index (χ0v) is 16.9. The van der Waals surface area contributed by atoms with Crippen molar-refractivity contribution in [3.63, 3.8) is 0 Å². The second kappa shape index (κ2) is 8.33. The van der Waals surface area contributed by atoms with Crippen molar-refractivity contribution in [2.24, 2.45) is 0 Å². The largest absolute Gasteiger partial charge is 0.296 e. The second-order valence-corrected chi connectivity index (χ2v) is 7.53. The van der Waals surface area contributed by atoms with Gasteiger partial charge in [-0.3, -0.25) is 23.9 Å². The Morgan fingerprint density at radius 1 is 1.30 bits per heavy atom. The van der Waals surface area contributed by atoms with Crippen molar-refractivity contribution in [3.05, 3.63) is 69.8 Å². The van der Waals surface area contributed by atoms with Gasteiger partial charge in [-0.2, -0.15) is 0 Å². The SMILES string of the molecule is CONC(=O)c1ccc(C)c(-n2cnc3ccc(CN4CC[C@@H](F)C4)cc3c2=O)c1. The number of alkyl halides is 1. The summed E-state index contributed by atoms with van der Waals surface area (Å²) < 4.78 is 14.9. The van der Waals surface area contributed by atoms with Crippen molar-refractivity contribution in [1.82, 2.24) is 19.9 Å². The highest BCUT2D eigenvalue weighted by Crippen LogP contribution is 2.19. The average Bonchev–Trinajstić information content (AvgIpc) is 3.14. The molecule has 2 heterocycles. The molecule has 0 bridgehead atoms. The van der Waals surface area contributed by atoms with E-state index in [9.17, 15) is 14.0 Å². The lowest BCUT2D eigenvalue weighted by molar-refractivity contribution is 0.0537. The molecule has 7 nitrogen and oxygen atoms in total. The van der Waals surface area contributed by atoms with Crippen molar-refractivity contribution >= 4 is 16.8 Å². The van der Waals surface area contributed by atoms with Gasteiger partial charge in [-0.25, -0.2) is 14.9 Å². The van der Waals surface area contributed by atoms with Gasteiger partial charge in [-0.1, -0.05) is 12.1 Å². The van der Waals surface area contributed by atoms with E-state index < -0.39 is 12.1 Å². The first-order chi connectivity index (χ1) is 14.5. The summed E-state index contributed by atoms with van der Waals surface area (Å²) in [5, 5.41) is 0.483. The first-order valence-corrected chi connectivity index (χ1v) is 9.77. The van der Waals surface area contributed by atoms with Crippen LogP contribution in [0.3, 0.4) is 0 Å². The molecule has 0 saturated carbocycles. The van der Waals surface area contributed by atoms with Gasteiger partial charge in [0.05, 0.1) is 23.7 Å². The highest BCUT2D eigenvalue weighted by atomic mass is 19.1. The number of fused-ring (bicyclic) bond motifs is 1. The summed E-state index contributed by atoms with van der Waals surface area (Å²) >= 11 is 0. The maximum Gasteiger partial charge on any atom is 0.274 e. The molecule has 0 radical (unpaired) electrons. The Morgan fingerprint density at radius 3 is 2.87 bits per heavy atom. The molecule has 0 unspecified atom stereocenters. The number of halogens is 1. The third kappa shape index (κ3) is 3.96. The van der Waals surface area contributed by atoms with E-state index in [1.165, 1.54) is 18.0 Å². The third-order valence-electron chi connectivity index (χ3n) is 5.37. The van der Waals surface area contributed by atoms with Gasteiger partial charge < -0.3 is 0 Å². The Balaban J connectivity index is 1.73. The number of amides is 1. The molecular formula is C22H23FN4O3.